The Balaban J connectivity index is 1.61. The van der Waals surface area contributed by atoms with Crippen molar-refractivity contribution in [2.75, 3.05) is 0 Å². The van der Waals surface area contributed by atoms with Crippen molar-refractivity contribution in [2.45, 2.75) is 71.9 Å². The fraction of sp³-hybridized carbons (Fsp3) is 0.895. The van der Waals surface area contributed by atoms with E-state index in [-0.39, 0.29) is 0 Å². The van der Waals surface area contributed by atoms with Crippen LogP contribution in [0.3, 0.4) is 0 Å². The molecule has 114 valence electrons. The number of fused-ring (bicyclic) bond motifs is 2. The maximum absolute atomic E-state index is 4.07. The van der Waals surface area contributed by atoms with Gasteiger partial charge in [0.2, 0.25) is 0 Å². The van der Waals surface area contributed by atoms with E-state index >= 15 is 0 Å². The molecule has 0 spiro atoms. The van der Waals surface area contributed by atoms with Gasteiger partial charge in [0.1, 0.15) is 0 Å². The second kappa shape index (κ2) is 5.83. The summed E-state index contributed by atoms with van der Waals surface area (Å²) in [7, 11) is 0. The van der Waals surface area contributed by atoms with Crippen LogP contribution in [0.25, 0.3) is 0 Å². The summed E-state index contributed by atoms with van der Waals surface area (Å²) in [6.45, 7) is 9.73. The molecule has 3 aliphatic carbocycles. The maximum Gasteiger partial charge on any atom is 0.0103 e. The van der Waals surface area contributed by atoms with Crippen LogP contribution in [0.4, 0.5) is 0 Å². The van der Waals surface area contributed by atoms with E-state index in [1.54, 1.807) is 0 Å². The van der Waals surface area contributed by atoms with Gasteiger partial charge in [-0.2, -0.15) is 0 Å². The third-order valence-corrected chi connectivity index (χ3v) is 6.47. The van der Waals surface area contributed by atoms with E-state index in [2.05, 4.69) is 45.2 Å². The zero-order chi connectivity index (χ0) is 14.3. The van der Waals surface area contributed by atoms with Crippen molar-refractivity contribution in [2.24, 2.45) is 35.5 Å². The minimum absolute atomic E-state index is 0.700. The van der Waals surface area contributed by atoms with Gasteiger partial charge in [-0.15, -0.1) is 0 Å². The molecule has 20 heavy (non-hydrogen) atoms. The summed E-state index contributed by atoms with van der Waals surface area (Å²) >= 11 is 0. The summed E-state index contributed by atoms with van der Waals surface area (Å²) in [5.41, 5.74) is 0. The van der Waals surface area contributed by atoms with Crippen LogP contribution in [0.2, 0.25) is 0 Å². The van der Waals surface area contributed by atoms with Crippen molar-refractivity contribution >= 4 is 0 Å². The summed E-state index contributed by atoms with van der Waals surface area (Å²) in [6.07, 6.45) is 12.1. The smallest absolute Gasteiger partial charge is 0.0103 e. The van der Waals surface area contributed by atoms with E-state index in [4.69, 9.17) is 0 Å². The first kappa shape index (κ1) is 14.6. The number of allylic oxidation sites excluding steroid dienone is 2. The number of hydrogen-bond donors (Lipinski definition) is 1. The van der Waals surface area contributed by atoms with Crippen molar-refractivity contribution in [3.8, 4) is 0 Å². The van der Waals surface area contributed by atoms with Crippen LogP contribution in [0.1, 0.15) is 59.8 Å². The highest BCUT2D eigenvalue weighted by Crippen LogP contribution is 2.45. The lowest BCUT2D eigenvalue weighted by molar-refractivity contribution is 0.146. The molecule has 1 nitrogen and oxygen atoms in total. The van der Waals surface area contributed by atoms with Crippen molar-refractivity contribution in [1.82, 2.24) is 5.32 Å². The highest BCUT2D eigenvalue weighted by atomic mass is 15.0. The van der Waals surface area contributed by atoms with Crippen molar-refractivity contribution in [1.29, 1.82) is 0 Å². The van der Waals surface area contributed by atoms with Gasteiger partial charge in [0.25, 0.3) is 0 Å². The largest absolute Gasteiger partial charge is 0.311 e. The summed E-state index contributed by atoms with van der Waals surface area (Å²) < 4.78 is 0. The molecule has 0 saturated heterocycles. The van der Waals surface area contributed by atoms with Gasteiger partial charge in [-0.25, -0.2) is 0 Å². The highest BCUT2D eigenvalue weighted by Gasteiger charge is 2.40. The molecule has 1 heteroatoms. The molecule has 0 heterocycles. The second-order valence-electron chi connectivity index (χ2n) is 8.33. The SMILES string of the molecule is CC1CCC(C(C)C)C(NC(C)C2CC3C=CC2C3)C1. The van der Waals surface area contributed by atoms with E-state index < -0.39 is 0 Å². The van der Waals surface area contributed by atoms with Crippen LogP contribution in [-0.4, -0.2) is 12.1 Å². The van der Waals surface area contributed by atoms with Gasteiger partial charge >= 0.3 is 0 Å². The molecular formula is C19H33N. The summed E-state index contributed by atoms with van der Waals surface area (Å²) in [5.74, 6) is 5.31. The van der Waals surface area contributed by atoms with Crippen LogP contribution in [0.15, 0.2) is 12.2 Å². The Morgan fingerprint density at radius 2 is 1.75 bits per heavy atom. The first-order valence-corrected chi connectivity index (χ1v) is 8.99. The third-order valence-electron chi connectivity index (χ3n) is 6.47. The Morgan fingerprint density at radius 1 is 0.950 bits per heavy atom. The van der Waals surface area contributed by atoms with Gasteiger partial charge in [0.15, 0.2) is 0 Å². The summed E-state index contributed by atoms with van der Waals surface area (Å²) in [4.78, 5) is 0. The predicted octanol–water partition coefficient (Wildman–Crippen LogP) is 4.64. The molecule has 2 fully saturated rings. The molecule has 0 aromatic heterocycles. The van der Waals surface area contributed by atoms with Crippen LogP contribution in [0.5, 0.6) is 0 Å². The first-order chi connectivity index (χ1) is 9.54. The Bertz CT molecular complexity index is 359. The third kappa shape index (κ3) is 2.84. The first-order valence-electron chi connectivity index (χ1n) is 8.99. The zero-order valence-electron chi connectivity index (χ0n) is 13.8. The van der Waals surface area contributed by atoms with E-state index in [0.717, 1.165) is 41.5 Å². The minimum Gasteiger partial charge on any atom is -0.311 e. The molecule has 1 N–H and O–H groups in total. The number of rotatable bonds is 4. The lowest BCUT2D eigenvalue weighted by Crippen LogP contribution is -2.49. The van der Waals surface area contributed by atoms with Gasteiger partial charge in [0, 0.05) is 12.1 Å². The molecule has 0 radical (unpaired) electrons. The van der Waals surface area contributed by atoms with E-state index in [1.807, 2.05) is 0 Å². The lowest BCUT2D eigenvalue weighted by atomic mass is 9.73. The van der Waals surface area contributed by atoms with Crippen molar-refractivity contribution in [3.63, 3.8) is 0 Å². The van der Waals surface area contributed by atoms with Crippen LogP contribution >= 0.6 is 0 Å². The van der Waals surface area contributed by atoms with Gasteiger partial charge < -0.3 is 5.32 Å². The van der Waals surface area contributed by atoms with Crippen LogP contribution < -0.4 is 5.32 Å². The van der Waals surface area contributed by atoms with Gasteiger partial charge in [0.05, 0.1) is 0 Å². The molecule has 2 bridgehead atoms. The molecule has 0 aromatic rings. The van der Waals surface area contributed by atoms with E-state index in [0.29, 0.717) is 6.04 Å². The molecule has 0 aromatic carbocycles. The Kier molecular flexibility index (Phi) is 4.26. The fourth-order valence-corrected chi connectivity index (χ4v) is 5.25. The molecule has 7 unspecified atom stereocenters. The predicted molar refractivity (Wildman–Crippen MR) is 86.6 cm³/mol. The van der Waals surface area contributed by atoms with Gasteiger partial charge in [-0.1, -0.05) is 39.3 Å². The van der Waals surface area contributed by atoms with Crippen LogP contribution in [0, 0.1) is 35.5 Å². The quantitative estimate of drug-likeness (QED) is 0.737. The Morgan fingerprint density at radius 3 is 2.35 bits per heavy atom. The number of hydrogen-bond acceptors (Lipinski definition) is 1. The summed E-state index contributed by atoms with van der Waals surface area (Å²) in [5, 5.41) is 4.07. The Hall–Kier alpha value is -0.300. The number of nitrogens with one attached hydrogen (secondary N) is 1. The lowest BCUT2D eigenvalue weighted by Gasteiger charge is -2.41. The molecule has 3 rings (SSSR count). The molecular weight excluding hydrogens is 242 g/mol. The van der Waals surface area contributed by atoms with Crippen LogP contribution in [-0.2, 0) is 0 Å². The normalized spacial score (nSPS) is 45.2. The second-order valence-corrected chi connectivity index (χ2v) is 8.33. The Labute approximate surface area is 125 Å². The van der Waals surface area contributed by atoms with E-state index in [9.17, 15) is 0 Å². The molecule has 0 aliphatic heterocycles. The molecule has 0 amide bonds. The molecule has 3 aliphatic rings. The molecule has 2 saturated carbocycles. The zero-order valence-corrected chi connectivity index (χ0v) is 13.8. The van der Waals surface area contributed by atoms with Gasteiger partial charge in [-0.05, 0) is 68.1 Å². The highest BCUT2D eigenvalue weighted by molar-refractivity contribution is 5.12. The fourth-order valence-electron chi connectivity index (χ4n) is 5.25. The maximum atomic E-state index is 4.07. The topological polar surface area (TPSA) is 12.0 Å². The van der Waals surface area contributed by atoms with Crippen molar-refractivity contribution < 1.29 is 0 Å². The average molecular weight is 275 g/mol. The summed E-state index contributed by atoms with van der Waals surface area (Å²) in [6, 6.07) is 1.46. The van der Waals surface area contributed by atoms with Gasteiger partial charge in [-0.3, -0.25) is 0 Å². The minimum atomic E-state index is 0.700. The monoisotopic (exact) mass is 275 g/mol. The average Bonchev–Trinajstić information content (AvgIpc) is 3.00. The molecule has 7 atom stereocenters. The van der Waals surface area contributed by atoms with Crippen molar-refractivity contribution in [3.05, 3.63) is 12.2 Å². The standard InChI is InChI=1S/C19H33N/c1-12(2)17-8-5-13(3)9-19(17)20-14(4)18-11-15-6-7-16(18)10-15/h6-7,12-20H,5,8-11H2,1-4H3. The van der Waals surface area contributed by atoms with E-state index in [1.165, 1.54) is 32.1 Å².